The molecule has 0 aromatic heterocycles. The lowest BCUT2D eigenvalue weighted by Crippen LogP contribution is -2.50. The van der Waals surface area contributed by atoms with Crippen LogP contribution in [0.15, 0.2) is 0 Å². The number of hydrogen-bond donors (Lipinski definition) is 1. The van der Waals surface area contributed by atoms with Crippen molar-refractivity contribution in [3.63, 3.8) is 0 Å². The molecule has 1 N–H and O–H groups in total. The quantitative estimate of drug-likeness (QED) is 0.799. The van der Waals surface area contributed by atoms with Crippen LogP contribution in [0.1, 0.15) is 51.4 Å². The smallest absolute Gasteiger partial charge is 0.0546 e. The molecule has 0 aromatic rings. The largest absolute Gasteiger partial charge is 0.381 e. The highest BCUT2D eigenvalue weighted by Crippen LogP contribution is 2.33. The topological polar surface area (TPSA) is 24.5 Å². The van der Waals surface area contributed by atoms with Gasteiger partial charge in [-0.3, -0.25) is 0 Å². The molecular formula is C16H30N2O. The fourth-order valence-corrected chi connectivity index (χ4v) is 3.88. The summed E-state index contributed by atoms with van der Waals surface area (Å²) >= 11 is 0. The van der Waals surface area contributed by atoms with E-state index in [4.69, 9.17) is 4.74 Å². The first kappa shape index (κ1) is 13.8. The van der Waals surface area contributed by atoms with Crippen molar-refractivity contribution in [2.45, 2.75) is 63.5 Å². The minimum Gasteiger partial charge on any atom is -0.381 e. The van der Waals surface area contributed by atoms with Gasteiger partial charge in [0, 0.05) is 37.2 Å². The van der Waals surface area contributed by atoms with Crippen LogP contribution in [0.4, 0.5) is 0 Å². The highest BCUT2D eigenvalue weighted by Gasteiger charge is 2.37. The number of hydrogen-bond acceptors (Lipinski definition) is 3. The van der Waals surface area contributed by atoms with Gasteiger partial charge in [-0.2, -0.15) is 0 Å². The van der Waals surface area contributed by atoms with Crippen LogP contribution in [0.25, 0.3) is 0 Å². The van der Waals surface area contributed by atoms with Gasteiger partial charge in [0.1, 0.15) is 0 Å². The summed E-state index contributed by atoms with van der Waals surface area (Å²) in [7, 11) is 2.34. The summed E-state index contributed by atoms with van der Waals surface area (Å²) in [5.74, 6) is 0. The van der Waals surface area contributed by atoms with Gasteiger partial charge in [0.2, 0.25) is 0 Å². The van der Waals surface area contributed by atoms with Crippen LogP contribution in [-0.4, -0.2) is 50.3 Å². The van der Waals surface area contributed by atoms with Crippen LogP contribution >= 0.6 is 0 Å². The average Bonchev–Trinajstić information content (AvgIpc) is 3.09. The van der Waals surface area contributed by atoms with Crippen molar-refractivity contribution in [2.75, 3.05) is 33.4 Å². The van der Waals surface area contributed by atoms with Crippen LogP contribution in [-0.2, 0) is 4.74 Å². The van der Waals surface area contributed by atoms with Crippen molar-refractivity contribution in [1.29, 1.82) is 0 Å². The van der Waals surface area contributed by atoms with E-state index in [1.807, 2.05) is 0 Å². The molecule has 0 aromatic carbocycles. The normalized spacial score (nSPS) is 33.2. The molecule has 1 heterocycles. The Labute approximate surface area is 118 Å². The molecule has 19 heavy (non-hydrogen) atoms. The maximum absolute atomic E-state index is 5.84. The fourth-order valence-electron chi connectivity index (χ4n) is 3.88. The Balaban J connectivity index is 1.56. The predicted octanol–water partition coefficient (Wildman–Crippen LogP) is 2.41. The van der Waals surface area contributed by atoms with Crippen molar-refractivity contribution in [1.82, 2.24) is 10.2 Å². The molecule has 1 unspecified atom stereocenters. The van der Waals surface area contributed by atoms with Gasteiger partial charge in [0.15, 0.2) is 0 Å². The fraction of sp³-hybridized carbons (Fsp3) is 1.00. The van der Waals surface area contributed by atoms with Crippen LogP contribution < -0.4 is 5.32 Å². The molecule has 0 bridgehead atoms. The molecule has 3 aliphatic rings. The summed E-state index contributed by atoms with van der Waals surface area (Å²) in [5.41, 5.74) is 0.373. The third-order valence-corrected chi connectivity index (χ3v) is 5.28. The van der Waals surface area contributed by atoms with Gasteiger partial charge < -0.3 is 15.0 Å². The number of ether oxygens (including phenoxy) is 1. The molecule has 1 aliphatic heterocycles. The Morgan fingerprint density at radius 3 is 2.58 bits per heavy atom. The van der Waals surface area contributed by atoms with E-state index in [0.717, 1.165) is 31.8 Å². The first-order valence-electron chi connectivity index (χ1n) is 8.29. The van der Waals surface area contributed by atoms with E-state index in [-0.39, 0.29) is 0 Å². The monoisotopic (exact) mass is 266 g/mol. The Kier molecular flexibility index (Phi) is 4.45. The molecule has 0 spiro atoms. The minimum absolute atomic E-state index is 0.373. The summed E-state index contributed by atoms with van der Waals surface area (Å²) in [6, 6.07) is 1.65. The molecule has 2 aliphatic carbocycles. The molecule has 3 fully saturated rings. The highest BCUT2D eigenvalue weighted by molar-refractivity contribution is 4.92. The summed E-state index contributed by atoms with van der Waals surface area (Å²) < 4.78 is 5.84. The maximum Gasteiger partial charge on any atom is 0.0546 e. The zero-order valence-electron chi connectivity index (χ0n) is 12.5. The molecular weight excluding hydrogens is 236 g/mol. The van der Waals surface area contributed by atoms with Crippen LogP contribution in [0.3, 0.4) is 0 Å². The molecule has 3 heteroatoms. The SMILES string of the molecule is CN(CC1(CNC2CC2)CCCOC1)C1CCCC1. The molecule has 1 saturated heterocycles. The second kappa shape index (κ2) is 6.11. The van der Waals surface area contributed by atoms with Gasteiger partial charge in [0.25, 0.3) is 0 Å². The lowest BCUT2D eigenvalue weighted by Gasteiger charge is -2.41. The van der Waals surface area contributed by atoms with E-state index in [1.54, 1.807) is 0 Å². The maximum atomic E-state index is 5.84. The summed E-state index contributed by atoms with van der Waals surface area (Å²) in [4.78, 5) is 2.64. The van der Waals surface area contributed by atoms with Gasteiger partial charge in [-0.15, -0.1) is 0 Å². The van der Waals surface area contributed by atoms with E-state index < -0.39 is 0 Å². The standard InChI is InChI=1S/C16H30N2O/c1-18(15-5-2-3-6-15)12-16(9-4-10-19-13-16)11-17-14-7-8-14/h14-15,17H,2-13H2,1H3. The van der Waals surface area contributed by atoms with Crippen LogP contribution in [0, 0.1) is 5.41 Å². The van der Waals surface area contributed by atoms with Crippen molar-refractivity contribution in [2.24, 2.45) is 5.41 Å². The zero-order valence-corrected chi connectivity index (χ0v) is 12.5. The first-order chi connectivity index (χ1) is 9.27. The van der Waals surface area contributed by atoms with Crippen LogP contribution in [0.5, 0.6) is 0 Å². The van der Waals surface area contributed by atoms with Gasteiger partial charge in [-0.05, 0) is 45.6 Å². The lowest BCUT2D eigenvalue weighted by atomic mass is 9.81. The molecule has 1 atom stereocenters. The van der Waals surface area contributed by atoms with E-state index >= 15 is 0 Å². The molecule has 110 valence electrons. The van der Waals surface area contributed by atoms with Gasteiger partial charge in [-0.25, -0.2) is 0 Å². The van der Waals surface area contributed by atoms with E-state index in [9.17, 15) is 0 Å². The van der Waals surface area contributed by atoms with Crippen molar-refractivity contribution < 1.29 is 4.74 Å². The predicted molar refractivity (Wildman–Crippen MR) is 78.4 cm³/mol. The Morgan fingerprint density at radius 1 is 1.16 bits per heavy atom. The van der Waals surface area contributed by atoms with E-state index in [2.05, 4.69) is 17.3 Å². The van der Waals surface area contributed by atoms with Gasteiger partial charge in [0.05, 0.1) is 6.61 Å². The third kappa shape index (κ3) is 3.71. The number of nitrogens with one attached hydrogen (secondary N) is 1. The molecule has 0 radical (unpaired) electrons. The summed E-state index contributed by atoms with van der Waals surface area (Å²) in [6.07, 6.45) is 11.0. The first-order valence-corrected chi connectivity index (χ1v) is 8.29. The van der Waals surface area contributed by atoms with Crippen molar-refractivity contribution >= 4 is 0 Å². The van der Waals surface area contributed by atoms with E-state index in [1.165, 1.54) is 57.9 Å². The molecule has 3 nitrogen and oxygen atoms in total. The summed E-state index contributed by atoms with van der Waals surface area (Å²) in [6.45, 7) is 4.31. The zero-order chi connectivity index (χ0) is 13.1. The molecule has 0 amide bonds. The van der Waals surface area contributed by atoms with E-state index in [0.29, 0.717) is 5.41 Å². The third-order valence-electron chi connectivity index (χ3n) is 5.28. The average molecular weight is 266 g/mol. The lowest BCUT2D eigenvalue weighted by molar-refractivity contribution is -0.0281. The Bertz CT molecular complexity index is 278. The summed E-state index contributed by atoms with van der Waals surface area (Å²) in [5, 5.41) is 3.76. The second-order valence-electron chi connectivity index (χ2n) is 7.16. The van der Waals surface area contributed by atoms with Gasteiger partial charge >= 0.3 is 0 Å². The van der Waals surface area contributed by atoms with Gasteiger partial charge in [-0.1, -0.05) is 12.8 Å². The number of nitrogens with zero attached hydrogens (tertiary/aromatic N) is 1. The molecule has 3 rings (SSSR count). The Hall–Kier alpha value is -0.120. The minimum atomic E-state index is 0.373. The highest BCUT2D eigenvalue weighted by atomic mass is 16.5. The van der Waals surface area contributed by atoms with Crippen molar-refractivity contribution in [3.05, 3.63) is 0 Å². The second-order valence-corrected chi connectivity index (χ2v) is 7.16. The van der Waals surface area contributed by atoms with Crippen molar-refractivity contribution in [3.8, 4) is 0 Å². The molecule has 2 saturated carbocycles. The van der Waals surface area contributed by atoms with Crippen LogP contribution in [0.2, 0.25) is 0 Å². The number of rotatable bonds is 6. The Morgan fingerprint density at radius 2 is 1.95 bits per heavy atom.